The molecule has 0 aliphatic rings. The van der Waals surface area contributed by atoms with Crippen LogP contribution >= 0.6 is 34.8 Å². The van der Waals surface area contributed by atoms with E-state index in [1.807, 2.05) is 6.07 Å². The predicted molar refractivity (Wildman–Crippen MR) is 95.0 cm³/mol. The highest BCUT2D eigenvalue weighted by Crippen LogP contribution is 2.28. The fraction of sp³-hybridized carbons (Fsp3) is 0.188. The van der Waals surface area contributed by atoms with Crippen molar-refractivity contribution >= 4 is 46.5 Å². The Labute approximate surface area is 149 Å². The van der Waals surface area contributed by atoms with E-state index in [9.17, 15) is 4.79 Å². The lowest BCUT2D eigenvalue weighted by atomic mass is 10.2. The van der Waals surface area contributed by atoms with Gasteiger partial charge in [-0.05, 0) is 29.8 Å². The maximum absolute atomic E-state index is 12.2. The van der Waals surface area contributed by atoms with E-state index in [1.165, 1.54) is 12.0 Å². The summed E-state index contributed by atoms with van der Waals surface area (Å²) in [7, 11) is 3.19. The standard InChI is InChI=1S/C16H15Cl3N2O2/c1-21(9-10-4-3-5-12(17)15(10)19)16(22)20-11-6-7-14(23-2)13(18)8-11/h3-8H,9H2,1-2H3,(H,20,22). The van der Waals surface area contributed by atoms with Crippen molar-refractivity contribution in [3.8, 4) is 5.75 Å². The largest absolute Gasteiger partial charge is 0.495 e. The molecule has 7 heteroatoms. The van der Waals surface area contributed by atoms with Gasteiger partial charge >= 0.3 is 6.03 Å². The second-order valence-electron chi connectivity index (χ2n) is 4.85. The third-order valence-corrected chi connectivity index (χ3v) is 4.34. The van der Waals surface area contributed by atoms with Gasteiger partial charge in [0.2, 0.25) is 0 Å². The molecule has 0 unspecified atom stereocenters. The number of nitrogens with one attached hydrogen (secondary N) is 1. The Morgan fingerprint density at radius 3 is 2.57 bits per heavy atom. The molecule has 2 aromatic rings. The molecule has 0 atom stereocenters. The highest BCUT2D eigenvalue weighted by atomic mass is 35.5. The van der Waals surface area contributed by atoms with Crippen LogP contribution in [0, 0.1) is 0 Å². The Hall–Kier alpha value is -1.62. The van der Waals surface area contributed by atoms with Crippen LogP contribution in [0.15, 0.2) is 36.4 Å². The lowest BCUT2D eigenvalue weighted by molar-refractivity contribution is 0.220. The van der Waals surface area contributed by atoms with Gasteiger partial charge in [0, 0.05) is 19.3 Å². The fourth-order valence-corrected chi connectivity index (χ4v) is 2.60. The number of carbonyl (C=O) groups is 1. The number of ether oxygens (including phenoxy) is 1. The lowest BCUT2D eigenvalue weighted by Gasteiger charge is -2.19. The molecule has 23 heavy (non-hydrogen) atoms. The number of nitrogens with zero attached hydrogens (tertiary/aromatic N) is 1. The monoisotopic (exact) mass is 372 g/mol. The first-order valence-electron chi connectivity index (χ1n) is 6.71. The normalized spacial score (nSPS) is 10.3. The molecule has 0 aliphatic heterocycles. The molecule has 0 saturated carbocycles. The highest BCUT2D eigenvalue weighted by molar-refractivity contribution is 6.42. The summed E-state index contributed by atoms with van der Waals surface area (Å²) in [5, 5.41) is 4.09. The number of hydrogen-bond acceptors (Lipinski definition) is 2. The molecule has 2 rings (SSSR count). The number of benzene rings is 2. The summed E-state index contributed by atoms with van der Waals surface area (Å²) in [6.07, 6.45) is 0. The van der Waals surface area contributed by atoms with E-state index in [4.69, 9.17) is 39.5 Å². The molecule has 0 heterocycles. The van der Waals surface area contributed by atoms with Crippen LogP contribution in [0.3, 0.4) is 0 Å². The second-order valence-corrected chi connectivity index (χ2v) is 6.04. The zero-order valence-corrected chi connectivity index (χ0v) is 14.8. The summed E-state index contributed by atoms with van der Waals surface area (Å²) in [6, 6.07) is 10.0. The molecule has 0 aromatic heterocycles. The van der Waals surface area contributed by atoms with E-state index in [2.05, 4.69) is 5.32 Å². The summed E-state index contributed by atoms with van der Waals surface area (Å²) >= 11 is 18.1. The number of hydrogen-bond donors (Lipinski definition) is 1. The van der Waals surface area contributed by atoms with Crippen LogP contribution in [-0.2, 0) is 6.54 Å². The number of rotatable bonds is 4. The van der Waals surface area contributed by atoms with Crippen LogP contribution in [0.25, 0.3) is 0 Å². The van der Waals surface area contributed by atoms with E-state index in [1.54, 1.807) is 37.4 Å². The van der Waals surface area contributed by atoms with Crippen molar-refractivity contribution in [2.45, 2.75) is 6.54 Å². The van der Waals surface area contributed by atoms with E-state index < -0.39 is 0 Å². The highest BCUT2D eigenvalue weighted by Gasteiger charge is 2.13. The Balaban J connectivity index is 2.05. The van der Waals surface area contributed by atoms with Crippen molar-refractivity contribution < 1.29 is 9.53 Å². The molecular formula is C16H15Cl3N2O2. The summed E-state index contributed by atoms with van der Waals surface area (Å²) in [6.45, 7) is 0.328. The Kier molecular flexibility index (Phi) is 5.99. The molecule has 2 amide bonds. The number of halogens is 3. The van der Waals surface area contributed by atoms with Crippen LogP contribution in [0.4, 0.5) is 10.5 Å². The van der Waals surface area contributed by atoms with Crippen LogP contribution in [0.1, 0.15) is 5.56 Å². The predicted octanol–water partition coefficient (Wildman–Crippen LogP) is 5.32. The summed E-state index contributed by atoms with van der Waals surface area (Å²) in [5.74, 6) is 0.545. The first kappa shape index (κ1) is 17.7. The van der Waals surface area contributed by atoms with Gasteiger partial charge in [0.05, 0.1) is 22.2 Å². The third-order valence-electron chi connectivity index (χ3n) is 3.19. The fourth-order valence-electron chi connectivity index (χ4n) is 1.96. The van der Waals surface area contributed by atoms with E-state index in [-0.39, 0.29) is 6.03 Å². The topological polar surface area (TPSA) is 41.6 Å². The van der Waals surface area contributed by atoms with Crippen LogP contribution in [-0.4, -0.2) is 25.1 Å². The van der Waals surface area contributed by atoms with Gasteiger partial charge in [-0.2, -0.15) is 0 Å². The quantitative estimate of drug-likeness (QED) is 0.788. The summed E-state index contributed by atoms with van der Waals surface area (Å²) in [4.78, 5) is 13.7. The van der Waals surface area contributed by atoms with Gasteiger partial charge in [-0.3, -0.25) is 0 Å². The smallest absolute Gasteiger partial charge is 0.321 e. The average molecular weight is 374 g/mol. The van der Waals surface area contributed by atoms with Gasteiger partial charge in [0.15, 0.2) is 0 Å². The Morgan fingerprint density at radius 1 is 1.17 bits per heavy atom. The third kappa shape index (κ3) is 4.44. The first-order valence-corrected chi connectivity index (χ1v) is 7.84. The zero-order valence-electron chi connectivity index (χ0n) is 12.6. The molecule has 0 radical (unpaired) electrons. The SMILES string of the molecule is COc1ccc(NC(=O)N(C)Cc2cccc(Cl)c2Cl)cc1Cl. The van der Waals surface area contributed by atoms with Gasteiger partial charge in [-0.15, -0.1) is 0 Å². The van der Waals surface area contributed by atoms with E-state index in [0.717, 1.165) is 5.56 Å². The van der Waals surface area contributed by atoms with Crippen molar-refractivity contribution in [1.29, 1.82) is 0 Å². The number of methoxy groups -OCH3 is 1. The van der Waals surface area contributed by atoms with E-state index in [0.29, 0.717) is 33.0 Å². The average Bonchev–Trinajstić information content (AvgIpc) is 2.52. The molecule has 0 spiro atoms. The minimum absolute atomic E-state index is 0.290. The van der Waals surface area contributed by atoms with Crippen LogP contribution in [0.5, 0.6) is 5.75 Å². The van der Waals surface area contributed by atoms with Gasteiger partial charge < -0.3 is 15.0 Å². The van der Waals surface area contributed by atoms with Crippen LogP contribution < -0.4 is 10.1 Å². The summed E-state index contributed by atoms with van der Waals surface area (Å²) < 4.78 is 5.07. The Bertz CT molecular complexity index is 722. The molecule has 122 valence electrons. The van der Waals surface area contributed by atoms with E-state index >= 15 is 0 Å². The second kappa shape index (κ2) is 7.77. The van der Waals surface area contributed by atoms with Crippen molar-refractivity contribution in [3.63, 3.8) is 0 Å². The number of amides is 2. The minimum atomic E-state index is -0.290. The summed E-state index contributed by atoms with van der Waals surface area (Å²) in [5.41, 5.74) is 1.34. The first-order chi connectivity index (χ1) is 10.9. The van der Waals surface area contributed by atoms with Crippen molar-refractivity contribution in [2.75, 3.05) is 19.5 Å². The zero-order chi connectivity index (χ0) is 17.0. The molecule has 0 fully saturated rings. The number of anilines is 1. The van der Waals surface area contributed by atoms with Crippen molar-refractivity contribution in [2.24, 2.45) is 0 Å². The van der Waals surface area contributed by atoms with Crippen molar-refractivity contribution in [3.05, 3.63) is 57.0 Å². The molecule has 0 aliphatic carbocycles. The maximum atomic E-state index is 12.2. The molecule has 1 N–H and O–H groups in total. The lowest BCUT2D eigenvalue weighted by Crippen LogP contribution is -2.30. The van der Waals surface area contributed by atoms with Gasteiger partial charge in [-0.1, -0.05) is 46.9 Å². The minimum Gasteiger partial charge on any atom is -0.495 e. The molecule has 4 nitrogen and oxygen atoms in total. The van der Waals surface area contributed by atoms with Gasteiger partial charge in [-0.25, -0.2) is 4.79 Å². The Morgan fingerprint density at radius 2 is 1.91 bits per heavy atom. The number of carbonyl (C=O) groups excluding carboxylic acids is 1. The maximum Gasteiger partial charge on any atom is 0.321 e. The van der Waals surface area contributed by atoms with Crippen LogP contribution in [0.2, 0.25) is 15.1 Å². The van der Waals surface area contributed by atoms with Gasteiger partial charge in [0.25, 0.3) is 0 Å². The van der Waals surface area contributed by atoms with Gasteiger partial charge in [0.1, 0.15) is 5.75 Å². The molecule has 2 aromatic carbocycles. The number of urea groups is 1. The molecule has 0 bridgehead atoms. The molecular weight excluding hydrogens is 359 g/mol. The molecule has 0 saturated heterocycles. The van der Waals surface area contributed by atoms with Crippen molar-refractivity contribution in [1.82, 2.24) is 4.90 Å².